The molecule has 0 aliphatic carbocycles. The Balaban J connectivity index is 2.22. The number of carboxylic acids is 1. The van der Waals surface area contributed by atoms with E-state index in [0.717, 1.165) is 5.56 Å². The lowest BCUT2D eigenvalue weighted by Gasteiger charge is -1.93. The lowest BCUT2D eigenvalue weighted by Crippen LogP contribution is -2.03. The number of hydrogen-bond donors (Lipinski definition) is 1. The molecule has 0 saturated heterocycles. The van der Waals surface area contributed by atoms with E-state index in [1.54, 1.807) is 18.2 Å². The molecule has 1 N–H and O–H groups in total. The van der Waals surface area contributed by atoms with Gasteiger partial charge in [0.25, 0.3) is 0 Å². The second kappa shape index (κ2) is 5.30. The highest BCUT2D eigenvalue weighted by atomic mass is 35.5. The molecule has 0 radical (unpaired) electrons. The van der Waals surface area contributed by atoms with Gasteiger partial charge in [-0.15, -0.1) is 0 Å². The number of aromatic carboxylic acids is 1. The van der Waals surface area contributed by atoms with Crippen LogP contribution in [0, 0.1) is 11.8 Å². The molecular formula is C13H7ClN2O2. The van der Waals surface area contributed by atoms with E-state index in [2.05, 4.69) is 21.8 Å². The van der Waals surface area contributed by atoms with E-state index in [4.69, 9.17) is 16.7 Å². The van der Waals surface area contributed by atoms with Gasteiger partial charge in [-0.05, 0) is 18.2 Å². The molecule has 0 fully saturated rings. The molecule has 4 nitrogen and oxygen atoms in total. The van der Waals surface area contributed by atoms with E-state index in [0.29, 0.717) is 10.6 Å². The van der Waals surface area contributed by atoms with Gasteiger partial charge >= 0.3 is 5.97 Å². The van der Waals surface area contributed by atoms with Gasteiger partial charge in [0.1, 0.15) is 0 Å². The third-order valence-electron chi connectivity index (χ3n) is 2.02. The van der Waals surface area contributed by atoms with Crippen LogP contribution in [0.4, 0.5) is 0 Å². The average Bonchev–Trinajstić information content (AvgIpc) is 2.37. The smallest absolute Gasteiger partial charge is 0.373 e. The van der Waals surface area contributed by atoms with Gasteiger partial charge in [-0.1, -0.05) is 29.5 Å². The van der Waals surface area contributed by atoms with Gasteiger partial charge in [0.05, 0.1) is 5.56 Å². The first-order valence-corrected chi connectivity index (χ1v) is 5.36. The zero-order chi connectivity index (χ0) is 13.0. The first kappa shape index (κ1) is 12.1. The molecule has 1 aromatic heterocycles. The van der Waals surface area contributed by atoms with Gasteiger partial charge in [-0.25, -0.2) is 14.8 Å². The van der Waals surface area contributed by atoms with Gasteiger partial charge in [0.2, 0.25) is 5.82 Å². The SMILES string of the molecule is O=C(O)c1ncc(C#Cc2cccc(Cl)c2)cn1. The minimum absolute atomic E-state index is 0.247. The zero-order valence-corrected chi connectivity index (χ0v) is 9.85. The molecular weight excluding hydrogens is 252 g/mol. The van der Waals surface area contributed by atoms with Gasteiger partial charge in [-0.3, -0.25) is 0 Å². The summed E-state index contributed by atoms with van der Waals surface area (Å²) in [5.41, 5.74) is 1.31. The van der Waals surface area contributed by atoms with E-state index in [9.17, 15) is 4.79 Å². The normalized spacial score (nSPS) is 9.39. The van der Waals surface area contributed by atoms with Crippen molar-refractivity contribution in [2.45, 2.75) is 0 Å². The highest BCUT2D eigenvalue weighted by Gasteiger charge is 2.04. The standard InChI is InChI=1S/C13H7ClN2O2/c14-11-3-1-2-9(6-11)4-5-10-7-15-12(13(17)18)16-8-10/h1-3,6-8H,(H,17,18). The monoisotopic (exact) mass is 258 g/mol. The number of halogens is 1. The summed E-state index contributed by atoms with van der Waals surface area (Å²) < 4.78 is 0. The summed E-state index contributed by atoms with van der Waals surface area (Å²) in [5.74, 6) is 4.31. The van der Waals surface area contributed by atoms with Gasteiger partial charge in [0.15, 0.2) is 0 Å². The van der Waals surface area contributed by atoms with Crippen LogP contribution < -0.4 is 0 Å². The molecule has 0 spiro atoms. The van der Waals surface area contributed by atoms with Crippen molar-refractivity contribution in [2.75, 3.05) is 0 Å². The molecule has 18 heavy (non-hydrogen) atoms. The number of rotatable bonds is 1. The lowest BCUT2D eigenvalue weighted by molar-refractivity contribution is 0.0683. The van der Waals surface area contributed by atoms with Crippen LogP contribution in [0.1, 0.15) is 21.7 Å². The number of nitrogens with zero attached hydrogens (tertiary/aromatic N) is 2. The van der Waals surface area contributed by atoms with E-state index >= 15 is 0 Å². The summed E-state index contributed by atoms with van der Waals surface area (Å²) in [6.07, 6.45) is 2.74. The van der Waals surface area contributed by atoms with Crippen LogP contribution in [0.15, 0.2) is 36.7 Å². The van der Waals surface area contributed by atoms with Crippen molar-refractivity contribution in [1.82, 2.24) is 9.97 Å². The van der Waals surface area contributed by atoms with E-state index in [1.165, 1.54) is 12.4 Å². The number of hydrogen-bond acceptors (Lipinski definition) is 3. The predicted octanol–water partition coefficient (Wildman–Crippen LogP) is 2.23. The van der Waals surface area contributed by atoms with Crippen molar-refractivity contribution < 1.29 is 9.90 Å². The summed E-state index contributed by atoms with van der Waals surface area (Å²) in [6.45, 7) is 0. The Morgan fingerprint density at radius 2 is 1.83 bits per heavy atom. The lowest BCUT2D eigenvalue weighted by atomic mass is 10.2. The molecule has 88 valence electrons. The second-order valence-electron chi connectivity index (χ2n) is 3.36. The first-order chi connectivity index (χ1) is 8.65. The fourth-order valence-corrected chi connectivity index (χ4v) is 1.40. The van der Waals surface area contributed by atoms with Crippen LogP contribution in [0.5, 0.6) is 0 Å². The fraction of sp³-hybridized carbons (Fsp3) is 0. The van der Waals surface area contributed by atoms with Crippen molar-refractivity contribution in [1.29, 1.82) is 0 Å². The average molecular weight is 259 g/mol. The molecule has 0 aliphatic rings. The van der Waals surface area contributed by atoms with Crippen molar-refractivity contribution in [3.05, 3.63) is 58.6 Å². The van der Waals surface area contributed by atoms with Crippen molar-refractivity contribution in [2.24, 2.45) is 0 Å². The Bertz CT molecular complexity index is 642. The summed E-state index contributed by atoms with van der Waals surface area (Å²) in [5, 5.41) is 9.25. The summed E-state index contributed by atoms with van der Waals surface area (Å²) in [6, 6.07) is 7.13. The Hall–Kier alpha value is -2.38. The van der Waals surface area contributed by atoms with E-state index in [-0.39, 0.29) is 5.82 Å². The minimum Gasteiger partial charge on any atom is -0.475 e. The van der Waals surface area contributed by atoms with Crippen LogP contribution >= 0.6 is 11.6 Å². The fourth-order valence-electron chi connectivity index (χ4n) is 1.21. The molecule has 0 bridgehead atoms. The molecule has 0 unspecified atom stereocenters. The number of aromatic nitrogens is 2. The number of carbonyl (C=O) groups is 1. The Morgan fingerprint density at radius 1 is 1.17 bits per heavy atom. The second-order valence-corrected chi connectivity index (χ2v) is 3.80. The van der Waals surface area contributed by atoms with Gasteiger partial charge < -0.3 is 5.11 Å². The molecule has 0 saturated carbocycles. The third-order valence-corrected chi connectivity index (χ3v) is 2.25. The van der Waals surface area contributed by atoms with Crippen molar-refractivity contribution in [3.8, 4) is 11.8 Å². The largest absolute Gasteiger partial charge is 0.475 e. The Morgan fingerprint density at radius 3 is 2.44 bits per heavy atom. The van der Waals surface area contributed by atoms with Gasteiger partial charge in [0, 0.05) is 23.0 Å². The van der Waals surface area contributed by atoms with Crippen molar-refractivity contribution >= 4 is 17.6 Å². The highest BCUT2D eigenvalue weighted by Crippen LogP contribution is 2.09. The van der Waals surface area contributed by atoms with Crippen LogP contribution in [0.3, 0.4) is 0 Å². The van der Waals surface area contributed by atoms with Crippen LogP contribution in [-0.2, 0) is 0 Å². The molecule has 2 aromatic rings. The predicted molar refractivity (Wildman–Crippen MR) is 66.4 cm³/mol. The van der Waals surface area contributed by atoms with Crippen molar-refractivity contribution in [3.63, 3.8) is 0 Å². The zero-order valence-electron chi connectivity index (χ0n) is 9.09. The van der Waals surface area contributed by atoms with Crippen LogP contribution in [-0.4, -0.2) is 21.0 Å². The number of carboxylic acid groups (broad SMARTS) is 1. The highest BCUT2D eigenvalue weighted by molar-refractivity contribution is 6.30. The maximum atomic E-state index is 10.6. The van der Waals surface area contributed by atoms with Gasteiger partial charge in [-0.2, -0.15) is 0 Å². The maximum absolute atomic E-state index is 10.6. The minimum atomic E-state index is -1.16. The molecule has 1 aromatic carbocycles. The molecule has 0 amide bonds. The van der Waals surface area contributed by atoms with Crippen LogP contribution in [0.2, 0.25) is 5.02 Å². The molecule has 0 aliphatic heterocycles. The quantitative estimate of drug-likeness (QED) is 0.797. The summed E-state index contributed by atoms with van der Waals surface area (Å²) in [4.78, 5) is 17.9. The first-order valence-electron chi connectivity index (χ1n) is 4.98. The summed E-state index contributed by atoms with van der Waals surface area (Å²) >= 11 is 5.82. The summed E-state index contributed by atoms with van der Waals surface area (Å²) in [7, 11) is 0. The molecule has 5 heteroatoms. The Kier molecular flexibility index (Phi) is 3.56. The Labute approximate surface area is 108 Å². The van der Waals surface area contributed by atoms with Crippen LogP contribution in [0.25, 0.3) is 0 Å². The molecule has 1 heterocycles. The third kappa shape index (κ3) is 3.06. The maximum Gasteiger partial charge on any atom is 0.373 e. The van der Waals surface area contributed by atoms with E-state index < -0.39 is 5.97 Å². The topological polar surface area (TPSA) is 63.1 Å². The number of benzene rings is 1. The van der Waals surface area contributed by atoms with E-state index in [1.807, 2.05) is 6.07 Å². The molecule has 2 rings (SSSR count). The molecule has 0 atom stereocenters.